The molecule has 2 aliphatic rings. The number of likely N-dealkylation sites (tertiary alicyclic amines) is 2. The van der Waals surface area contributed by atoms with Gasteiger partial charge in [-0.15, -0.1) is 5.10 Å². The predicted molar refractivity (Wildman–Crippen MR) is 92.9 cm³/mol. The van der Waals surface area contributed by atoms with E-state index in [1.54, 1.807) is 15.8 Å². The Balaban J connectivity index is 1.56. The highest BCUT2D eigenvalue weighted by atomic mass is 16.4. The average molecular weight is 355 g/mol. The maximum Gasteiger partial charge on any atom is 0.313 e. The van der Waals surface area contributed by atoms with Crippen molar-refractivity contribution < 1.29 is 14.7 Å². The SMILES string of the molecule is CN1CCC2CN(C(=O)c3cn(-c4ccccc4)nn3)C[C@@]2(C(=O)O)C1. The quantitative estimate of drug-likeness (QED) is 0.873. The van der Waals surface area contributed by atoms with E-state index in [1.165, 1.54) is 0 Å². The van der Waals surface area contributed by atoms with Crippen molar-refractivity contribution in [1.29, 1.82) is 0 Å². The molecule has 0 saturated carbocycles. The Hall–Kier alpha value is -2.74. The van der Waals surface area contributed by atoms with E-state index in [9.17, 15) is 14.7 Å². The first-order valence-electron chi connectivity index (χ1n) is 8.68. The fraction of sp³-hybridized carbons (Fsp3) is 0.444. The van der Waals surface area contributed by atoms with Crippen molar-refractivity contribution in [3.8, 4) is 5.69 Å². The summed E-state index contributed by atoms with van der Waals surface area (Å²) in [5.74, 6) is -1.11. The zero-order chi connectivity index (χ0) is 18.3. The predicted octanol–water partition coefficient (Wildman–Crippen LogP) is 0.746. The van der Waals surface area contributed by atoms with E-state index < -0.39 is 11.4 Å². The summed E-state index contributed by atoms with van der Waals surface area (Å²) in [6.07, 6.45) is 2.38. The van der Waals surface area contributed by atoms with Gasteiger partial charge in [0.15, 0.2) is 5.69 Å². The number of hydrogen-bond donors (Lipinski definition) is 1. The summed E-state index contributed by atoms with van der Waals surface area (Å²) in [4.78, 5) is 28.5. The second-order valence-electron chi connectivity index (χ2n) is 7.25. The first-order chi connectivity index (χ1) is 12.5. The van der Waals surface area contributed by atoms with E-state index in [1.807, 2.05) is 42.3 Å². The molecule has 2 saturated heterocycles. The number of piperidine rings is 1. The van der Waals surface area contributed by atoms with Crippen molar-refractivity contribution in [3.63, 3.8) is 0 Å². The third-order valence-corrected chi connectivity index (χ3v) is 5.55. The van der Waals surface area contributed by atoms with Crippen molar-refractivity contribution in [2.75, 3.05) is 33.2 Å². The normalized spacial score (nSPS) is 25.9. The van der Waals surface area contributed by atoms with Gasteiger partial charge in [-0.1, -0.05) is 23.4 Å². The van der Waals surface area contributed by atoms with Gasteiger partial charge in [-0.05, 0) is 38.1 Å². The molecule has 2 atom stereocenters. The van der Waals surface area contributed by atoms with Crippen LogP contribution in [0.25, 0.3) is 5.69 Å². The smallest absolute Gasteiger partial charge is 0.313 e. The number of carboxylic acid groups (broad SMARTS) is 1. The fourth-order valence-electron chi connectivity index (χ4n) is 4.15. The zero-order valence-electron chi connectivity index (χ0n) is 14.6. The third-order valence-electron chi connectivity index (χ3n) is 5.55. The summed E-state index contributed by atoms with van der Waals surface area (Å²) < 4.78 is 1.55. The number of para-hydroxylation sites is 1. The maximum atomic E-state index is 12.9. The number of rotatable bonds is 3. The molecular formula is C18H21N5O3. The number of benzene rings is 1. The Labute approximate surface area is 151 Å². The molecule has 0 spiro atoms. The minimum atomic E-state index is -0.891. The molecule has 1 amide bonds. The molecular weight excluding hydrogens is 334 g/mol. The standard InChI is InChI=1S/C18H21N5O3/c1-21-8-7-13-9-22(12-18(13,11-21)17(25)26)16(24)15-10-23(20-19-15)14-5-3-2-4-6-14/h2-6,10,13H,7-9,11-12H2,1H3,(H,25,26)/t13?,18-/m0/s1. The molecule has 8 heteroatoms. The van der Waals surface area contributed by atoms with E-state index in [-0.39, 0.29) is 24.1 Å². The van der Waals surface area contributed by atoms with Crippen molar-refractivity contribution in [2.45, 2.75) is 6.42 Å². The number of amides is 1. The van der Waals surface area contributed by atoms with Gasteiger partial charge < -0.3 is 14.9 Å². The molecule has 2 aromatic rings. The lowest BCUT2D eigenvalue weighted by Crippen LogP contribution is -2.52. The molecule has 2 aliphatic heterocycles. The van der Waals surface area contributed by atoms with E-state index in [4.69, 9.17) is 0 Å². The highest BCUT2D eigenvalue weighted by Gasteiger charge is 2.55. The van der Waals surface area contributed by atoms with Crippen LogP contribution in [-0.2, 0) is 4.79 Å². The summed E-state index contributed by atoms with van der Waals surface area (Å²) in [6, 6.07) is 9.43. The molecule has 1 unspecified atom stereocenters. The number of carbonyl (C=O) groups is 2. The van der Waals surface area contributed by atoms with Crippen LogP contribution in [0.15, 0.2) is 36.5 Å². The van der Waals surface area contributed by atoms with Crippen LogP contribution in [-0.4, -0.2) is 75.0 Å². The first kappa shape index (κ1) is 16.7. The number of carbonyl (C=O) groups excluding carboxylic acids is 1. The molecule has 1 N–H and O–H groups in total. The minimum absolute atomic E-state index is 0.0238. The first-order valence-corrected chi connectivity index (χ1v) is 8.68. The molecule has 1 aromatic heterocycles. The number of fused-ring (bicyclic) bond motifs is 1. The van der Waals surface area contributed by atoms with Gasteiger partial charge in [0.2, 0.25) is 0 Å². The topological polar surface area (TPSA) is 91.6 Å². The number of aromatic nitrogens is 3. The highest BCUT2D eigenvalue weighted by Crippen LogP contribution is 2.42. The lowest BCUT2D eigenvalue weighted by atomic mass is 9.73. The van der Waals surface area contributed by atoms with Gasteiger partial charge in [-0.25, -0.2) is 4.68 Å². The second-order valence-corrected chi connectivity index (χ2v) is 7.25. The largest absolute Gasteiger partial charge is 0.481 e. The monoisotopic (exact) mass is 355 g/mol. The lowest BCUT2D eigenvalue weighted by Gasteiger charge is -2.39. The number of hydrogen-bond acceptors (Lipinski definition) is 5. The summed E-state index contributed by atoms with van der Waals surface area (Å²) in [6.45, 7) is 1.99. The average Bonchev–Trinajstić information content (AvgIpc) is 3.27. The molecule has 136 valence electrons. The van der Waals surface area contributed by atoms with E-state index in [0.29, 0.717) is 13.1 Å². The summed E-state index contributed by atoms with van der Waals surface area (Å²) in [5.41, 5.74) is 0.164. The molecule has 1 aromatic carbocycles. The molecule has 0 radical (unpaired) electrons. The van der Waals surface area contributed by atoms with Crippen LogP contribution in [0.5, 0.6) is 0 Å². The Morgan fingerprint density at radius 2 is 2.00 bits per heavy atom. The molecule has 2 fully saturated rings. The van der Waals surface area contributed by atoms with Gasteiger partial charge in [0.1, 0.15) is 5.41 Å². The van der Waals surface area contributed by atoms with Crippen molar-refractivity contribution in [3.05, 3.63) is 42.2 Å². The van der Waals surface area contributed by atoms with Crippen LogP contribution < -0.4 is 0 Å². The molecule has 0 bridgehead atoms. The fourth-order valence-corrected chi connectivity index (χ4v) is 4.15. The van der Waals surface area contributed by atoms with Crippen LogP contribution in [0.2, 0.25) is 0 Å². The van der Waals surface area contributed by atoms with Gasteiger partial charge in [-0.3, -0.25) is 9.59 Å². The van der Waals surface area contributed by atoms with Crippen LogP contribution in [0.4, 0.5) is 0 Å². The molecule has 4 rings (SSSR count). The summed E-state index contributed by atoms with van der Waals surface area (Å²) in [5, 5.41) is 17.9. The number of aliphatic carboxylic acids is 1. The maximum absolute atomic E-state index is 12.9. The molecule has 26 heavy (non-hydrogen) atoms. The van der Waals surface area contributed by atoms with Crippen molar-refractivity contribution in [2.24, 2.45) is 11.3 Å². The van der Waals surface area contributed by atoms with Crippen LogP contribution in [0.1, 0.15) is 16.9 Å². The molecule has 0 aliphatic carbocycles. The van der Waals surface area contributed by atoms with Crippen LogP contribution in [0.3, 0.4) is 0 Å². The number of carboxylic acids is 1. The summed E-state index contributed by atoms with van der Waals surface area (Å²) in [7, 11) is 1.93. The molecule has 3 heterocycles. The van der Waals surface area contributed by atoms with E-state index in [0.717, 1.165) is 18.7 Å². The molecule has 8 nitrogen and oxygen atoms in total. The van der Waals surface area contributed by atoms with Gasteiger partial charge >= 0.3 is 5.97 Å². The third kappa shape index (κ3) is 2.66. The zero-order valence-corrected chi connectivity index (χ0v) is 14.6. The van der Waals surface area contributed by atoms with E-state index >= 15 is 0 Å². The van der Waals surface area contributed by atoms with Crippen molar-refractivity contribution in [1.82, 2.24) is 24.8 Å². The Kier molecular flexibility index (Phi) is 3.99. The van der Waals surface area contributed by atoms with E-state index in [2.05, 4.69) is 10.3 Å². The van der Waals surface area contributed by atoms with Crippen LogP contribution >= 0.6 is 0 Å². The lowest BCUT2D eigenvalue weighted by molar-refractivity contribution is -0.153. The Morgan fingerprint density at radius 1 is 1.23 bits per heavy atom. The Morgan fingerprint density at radius 3 is 2.73 bits per heavy atom. The summed E-state index contributed by atoms with van der Waals surface area (Å²) >= 11 is 0. The highest BCUT2D eigenvalue weighted by molar-refractivity contribution is 5.93. The van der Waals surface area contributed by atoms with Gasteiger partial charge in [0.05, 0.1) is 11.9 Å². The van der Waals surface area contributed by atoms with Crippen LogP contribution in [0, 0.1) is 11.3 Å². The van der Waals surface area contributed by atoms with Gasteiger partial charge in [-0.2, -0.15) is 0 Å². The van der Waals surface area contributed by atoms with Crippen molar-refractivity contribution >= 4 is 11.9 Å². The number of nitrogens with zero attached hydrogens (tertiary/aromatic N) is 5. The van der Waals surface area contributed by atoms with Gasteiger partial charge in [0.25, 0.3) is 5.91 Å². The van der Waals surface area contributed by atoms with Gasteiger partial charge in [0, 0.05) is 19.6 Å². The Bertz CT molecular complexity index is 836. The second kappa shape index (κ2) is 6.21. The minimum Gasteiger partial charge on any atom is -0.481 e.